The van der Waals surface area contributed by atoms with Gasteiger partial charge in [-0.25, -0.2) is 0 Å². The summed E-state index contributed by atoms with van der Waals surface area (Å²) in [6.45, 7) is 1.95. The number of ether oxygens (including phenoxy) is 1. The first-order valence-corrected chi connectivity index (χ1v) is 6.17. The van der Waals surface area contributed by atoms with Crippen LogP contribution >= 0.6 is 0 Å². The number of benzene rings is 2. The first kappa shape index (κ1) is 12.7. The van der Waals surface area contributed by atoms with Gasteiger partial charge >= 0.3 is 0 Å². The van der Waals surface area contributed by atoms with E-state index in [-0.39, 0.29) is 0 Å². The molecule has 0 aromatic heterocycles. The van der Waals surface area contributed by atoms with Crippen LogP contribution in [0, 0.1) is 0 Å². The molecule has 2 aromatic carbocycles. The van der Waals surface area contributed by atoms with Crippen molar-refractivity contribution in [3.8, 4) is 16.9 Å². The SMILES string of the molecule is CC[C@H](O)c1ccc(-c2ccccc2)cc1OC. The van der Waals surface area contributed by atoms with Gasteiger partial charge in [-0.2, -0.15) is 0 Å². The highest BCUT2D eigenvalue weighted by Crippen LogP contribution is 2.31. The molecule has 0 aliphatic heterocycles. The average Bonchev–Trinajstić information content (AvgIpc) is 2.46. The van der Waals surface area contributed by atoms with Crippen LogP contribution in [-0.2, 0) is 0 Å². The molecule has 94 valence electrons. The zero-order valence-electron chi connectivity index (χ0n) is 10.8. The molecule has 2 nitrogen and oxygen atoms in total. The van der Waals surface area contributed by atoms with E-state index in [0.717, 1.165) is 22.4 Å². The number of aliphatic hydroxyl groups excluding tert-OH is 1. The van der Waals surface area contributed by atoms with Gasteiger partial charge in [-0.3, -0.25) is 0 Å². The van der Waals surface area contributed by atoms with Gasteiger partial charge in [-0.1, -0.05) is 49.4 Å². The van der Waals surface area contributed by atoms with E-state index in [9.17, 15) is 5.11 Å². The summed E-state index contributed by atoms with van der Waals surface area (Å²) in [5.74, 6) is 0.741. The molecule has 1 N–H and O–H groups in total. The summed E-state index contributed by atoms with van der Waals surface area (Å²) in [5, 5.41) is 9.92. The van der Waals surface area contributed by atoms with Gasteiger partial charge < -0.3 is 9.84 Å². The predicted molar refractivity (Wildman–Crippen MR) is 73.7 cm³/mol. The minimum Gasteiger partial charge on any atom is -0.496 e. The molecule has 2 aromatic rings. The van der Waals surface area contributed by atoms with Gasteiger partial charge in [0.2, 0.25) is 0 Å². The molecule has 0 saturated heterocycles. The summed E-state index contributed by atoms with van der Waals surface area (Å²) in [6.07, 6.45) is 0.214. The summed E-state index contributed by atoms with van der Waals surface area (Å²) in [7, 11) is 1.63. The molecular weight excluding hydrogens is 224 g/mol. The van der Waals surface area contributed by atoms with Gasteiger partial charge in [0.1, 0.15) is 5.75 Å². The Hall–Kier alpha value is -1.80. The third-order valence-corrected chi connectivity index (χ3v) is 3.09. The Balaban J connectivity index is 2.42. The second-order valence-electron chi connectivity index (χ2n) is 4.25. The fourth-order valence-corrected chi connectivity index (χ4v) is 2.02. The highest BCUT2D eigenvalue weighted by Gasteiger charge is 2.12. The summed E-state index contributed by atoms with van der Waals surface area (Å²) < 4.78 is 5.37. The lowest BCUT2D eigenvalue weighted by Crippen LogP contribution is -1.99. The third-order valence-electron chi connectivity index (χ3n) is 3.09. The van der Waals surface area contributed by atoms with Crippen LogP contribution in [0.2, 0.25) is 0 Å². The molecule has 2 heteroatoms. The second-order valence-corrected chi connectivity index (χ2v) is 4.25. The lowest BCUT2D eigenvalue weighted by atomic mass is 10.00. The normalized spacial score (nSPS) is 12.2. The molecule has 1 atom stereocenters. The molecule has 0 bridgehead atoms. The van der Waals surface area contributed by atoms with Gasteiger partial charge in [0, 0.05) is 5.56 Å². The highest BCUT2D eigenvalue weighted by molar-refractivity contribution is 5.66. The number of hydrogen-bond donors (Lipinski definition) is 1. The van der Waals surface area contributed by atoms with Crippen LogP contribution in [0.3, 0.4) is 0 Å². The Labute approximate surface area is 108 Å². The second kappa shape index (κ2) is 5.69. The summed E-state index contributed by atoms with van der Waals surface area (Å²) in [6, 6.07) is 16.1. The lowest BCUT2D eigenvalue weighted by Gasteiger charge is -2.14. The zero-order chi connectivity index (χ0) is 13.0. The van der Waals surface area contributed by atoms with E-state index in [1.54, 1.807) is 7.11 Å². The molecule has 0 aliphatic carbocycles. The molecule has 0 radical (unpaired) electrons. The lowest BCUT2D eigenvalue weighted by molar-refractivity contribution is 0.169. The maximum atomic E-state index is 9.92. The smallest absolute Gasteiger partial charge is 0.125 e. The Kier molecular flexibility index (Phi) is 4.00. The van der Waals surface area contributed by atoms with Gasteiger partial charge in [-0.05, 0) is 23.6 Å². The van der Waals surface area contributed by atoms with Crippen molar-refractivity contribution in [1.82, 2.24) is 0 Å². The van der Waals surface area contributed by atoms with Crippen LogP contribution in [-0.4, -0.2) is 12.2 Å². The molecule has 0 spiro atoms. The summed E-state index contributed by atoms with van der Waals surface area (Å²) >= 11 is 0. The highest BCUT2D eigenvalue weighted by atomic mass is 16.5. The number of aliphatic hydroxyl groups is 1. The van der Waals surface area contributed by atoms with Crippen LogP contribution in [0.25, 0.3) is 11.1 Å². The van der Waals surface area contributed by atoms with E-state index in [2.05, 4.69) is 12.1 Å². The number of rotatable bonds is 4. The van der Waals surface area contributed by atoms with Gasteiger partial charge in [0.15, 0.2) is 0 Å². The monoisotopic (exact) mass is 242 g/mol. The fraction of sp³-hybridized carbons (Fsp3) is 0.250. The molecule has 18 heavy (non-hydrogen) atoms. The van der Waals surface area contributed by atoms with Crippen molar-refractivity contribution in [2.45, 2.75) is 19.4 Å². The average molecular weight is 242 g/mol. The molecule has 2 rings (SSSR count). The third kappa shape index (κ3) is 2.54. The standard InChI is InChI=1S/C16H18O2/c1-3-15(17)14-10-9-13(11-16(14)18-2)12-7-5-4-6-8-12/h4-11,15,17H,3H2,1-2H3/t15-/m0/s1. The Morgan fingerprint density at radius 2 is 1.78 bits per heavy atom. The molecular formula is C16H18O2. The fourth-order valence-electron chi connectivity index (χ4n) is 2.02. The van der Waals surface area contributed by atoms with Crippen molar-refractivity contribution in [3.05, 3.63) is 54.1 Å². The minimum atomic E-state index is -0.468. The van der Waals surface area contributed by atoms with Crippen molar-refractivity contribution < 1.29 is 9.84 Å². The van der Waals surface area contributed by atoms with Crippen molar-refractivity contribution in [3.63, 3.8) is 0 Å². The van der Waals surface area contributed by atoms with E-state index >= 15 is 0 Å². The van der Waals surface area contributed by atoms with E-state index < -0.39 is 6.10 Å². The molecule has 0 heterocycles. The molecule has 0 unspecified atom stereocenters. The molecule has 0 fully saturated rings. The predicted octanol–water partition coefficient (Wildman–Crippen LogP) is 3.81. The van der Waals surface area contributed by atoms with Crippen LogP contribution in [0.15, 0.2) is 48.5 Å². The minimum absolute atomic E-state index is 0.468. The topological polar surface area (TPSA) is 29.5 Å². The summed E-state index contributed by atoms with van der Waals surface area (Å²) in [4.78, 5) is 0. The van der Waals surface area contributed by atoms with E-state index in [1.165, 1.54) is 0 Å². The summed E-state index contributed by atoms with van der Waals surface area (Å²) in [5.41, 5.74) is 3.09. The van der Waals surface area contributed by atoms with Crippen molar-refractivity contribution in [2.24, 2.45) is 0 Å². The molecule has 0 amide bonds. The van der Waals surface area contributed by atoms with Crippen molar-refractivity contribution >= 4 is 0 Å². The van der Waals surface area contributed by atoms with Gasteiger partial charge in [-0.15, -0.1) is 0 Å². The van der Waals surface area contributed by atoms with Crippen LogP contribution in [0.1, 0.15) is 25.0 Å². The van der Waals surface area contributed by atoms with Gasteiger partial charge in [0.25, 0.3) is 0 Å². The number of hydrogen-bond acceptors (Lipinski definition) is 2. The number of methoxy groups -OCH3 is 1. The quantitative estimate of drug-likeness (QED) is 0.883. The largest absolute Gasteiger partial charge is 0.496 e. The van der Waals surface area contributed by atoms with Crippen LogP contribution < -0.4 is 4.74 Å². The Bertz CT molecular complexity index is 506. The van der Waals surface area contributed by atoms with Crippen molar-refractivity contribution in [1.29, 1.82) is 0 Å². The van der Waals surface area contributed by atoms with Crippen LogP contribution in [0.4, 0.5) is 0 Å². The van der Waals surface area contributed by atoms with E-state index in [4.69, 9.17) is 4.74 Å². The van der Waals surface area contributed by atoms with Crippen molar-refractivity contribution in [2.75, 3.05) is 7.11 Å². The first-order chi connectivity index (χ1) is 8.76. The maximum Gasteiger partial charge on any atom is 0.125 e. The molecule has 0 saturated carbocycles. The van der Waals surface area contributed by atoms with Crippen LogP contribution in [0.5, 0.6) is 5.75 Å². The Morgan fingerprint density at radius 1 is 1.06 bits per heavy atom. The molecule has 0 aliphatic rings. The van der Waals surface area contributed by atoms with E-state index in [0.29, 0.717) is 6.42 Å². The Morgan fingerprint density at radius 3 is 2.39 bits per heavy atom. The van der Waals surface area contributed by atoms with E-state index in [1.807, 2.05) is 43.3 Å². The zero-order valence-corrected chi connectivity index (χ0v) is 10.8. The first-order valence-electron chi connectivity index (χ1n) is 6.17. The van der Waals surface area contributed by atoms with Gasteiger partial charge in [0.05, 0.1) is 13.2 Å². The maximum absolute atomic E-state index is 9.92.